The van der Waals surface area contributed by atoms with Crippen molar-refractivity contribution in [1.29, 1.82) is 0 Å². The lowest BCUT2D eigenvalue weighted by molar-refractivity contribution is 0.812. The highest BCUT2D eigenvalue weighted by Gasteiger charge is 2.05. The molecule has 2 aromatic rings. The first-order valence-electron chi connectivity index (χ1n) is 5.29. The summed E-state index contributed by atoms with van der Waals surface area (Å²) in [6.07, 6.45) is 0. The van der Waals surface area contributed by atoms with Crippen molar-refractivity contribution >= 4 is 0 Å². The van der Waals surface area contributed by atoms with Crippen LogP contribution in [0.15, 0.2) is 59.8 Å². The van der Waals surface area contributed by atoms with Gasteiger partial charge in [-0.1, -0.05) is 53.7 Å². The smallest absolute Gasteiger partial charge is 0.114 e. The molecule has 0 aliphatic heterocycles. The Balaban J connectivity index is 2.40. The number of hydrogen-bond acceptors (Lipinski definition) is 2. The Morgan fingerprint density at radius 2 is 1.62 bits per heavy atom. The molecule has 2 aromatic carbocycles. The van der Waals surface area contributed by atoms with E-state index >= 15 is 0 Å². The second-order valence-corrected chi connectivity index (χ2v) is 3.77. The number of nitrogens with zero attached hydrogens (tertiary/aromatic N) is 1. The number of nitroso groups, excluding NO2 is 1. The monoisotopic (exact) mass is 211 g/mol. The normalized spacial score (nSPS) is 12.1. The second-order valence-electron chi connectivity index (χ2n) is 3.77. The minimum atomic E-state index is -0.288. The topological polar surface area (TPSA) is 29.4 Å². The summed E-state index contributed by atoms with van der Waals surface area (Å²) in [7, 11) is 0. The van der Waals surface area contributed by atoms with Crippen LogP contribution in [0.1, 0.15) is 18.5 Å². The molecule has 0 aromatic heterocycles. The fourth-order valence-electron chi connectivity index (χ4n) is 1.67. The molecule has 0 aliphatic rings. The van der Waals surface area contributed by atoms with Crippen LogP contribution in [0.3, 0.4) is 0 Å². The van der Waals surface area contributed by atoms with E-state index in [1.165, 1.54) is 0 Å². The Hall–Kier alpha value is -1.96. The lowest BCUT2D eigenvalue weighted by atomic mass is 10.0. The molecular formula is C14H13NO. The first-order valence-corrected chi connectivity index (χ1v) is 5.29. The minimum Gasteiger partial charge on any atom is -0.150 e. The third kappa shape index (κ3) is 2.16. The van der Waals surface area contributed by atoms with Crippen LogP contribution in [0.25, 0.3) is 11.1 Å². The Bertz CT molecular complexity index is 479. The standard InChI is InChI=1S/C14H13NO/c1-11(15-16)13-8-5-9-14(10-13)12-6-3-2-4-7-12/h2-11H,1H3. The molecule has 1 atom stereocenters. The van der Waals surface area contributed by atoms with Crippen molar-refractivity contribution in [1.82, 2.24) is 0 Å². The fourth-order valence-corrected chi connectivity index (χ4v) is 1.67. The van der Waals surface area contributed by atoms with Gasteiger partial charge in [-0.3, -0.25) is 0 Å². The SMILES string of the molecule is CC(N=O)c1cccc(-c2ccccc2)c1. The summed E-state index contributed by atoms with van der Waals surface area (Å²) < 4.78 is 0. The number of hydrogen-bond donors (Lipinski definition) is 0. The summed E-state index contributed by atoms with van der Waals surface area (Å²) in [6, 6.07) is 17.8. The fraction of sp³-hybridized carbons (Fsp3) is 0.143. The van der Waals surface area contributed by atoms with Crippen molar-refractivity contribution < 1.29 is 0 Å². The first-order chi connectivity index (χ1) is 7.81. The maximum Gasteiger partial charge on any atom is 0.114 e. The molecule has 0 radical (unpaired) electrons. The zero-order valence-electron chi connectivity index (χ0n) is 9.13. The van der Waals surface area contributed by atoms with Crippen LogP contribution in [0, 0.1) is 4.91 Å². The molecule has 0 saturated heterocycles. The Morgan fingerprint density at radius 1 is 0.938 bits per heavy atom. The van der Waals surface area contributed by atoms with Crippen molar-refractivity contribution in [3.8, 4) is 11.1 Å². The summed E-state index contributed by atoms with van der Waals surface area (Å²) in [5.41, 5.74) is 3.23. The molecule has 0 N–H and O–H groups in total. The van der Waals surface area contributed by atoms with Gasteiger partial charge in [0.2, 0.25) is 0 Å². The van der Waals surface area contributed by atoms with Crippen molar-refractivity contribution in [2.24, 2.45) is 5.18 Å². The zero-order valence-corrected chi connectivity index (χ0v) is 9.13. The molecule has 0 amide bonds. The van der Waals surface area contributed by atoms with Crippen LogP contribution in [0.2, 0.25) is 0 Å². The Labute approximate surface area is 94.9 Å². The van der Waals surface area contributed by atoms with Gasteiger partial charge < -0.3 is 0 Å². The molecule has 2 nitrogen and oxygen atoms in total. The predicted molar refractivity (Wildman–Crippen MR) is 66.1 cm³/mol. The van der Waals surface area contributed by atoms with Gasteiger partial charge in [-0.05, 0) is 29.7 Å². The summed E-state index contributed by atoms with van der Waals surface area (Å²) in [5, 5.41) is 3.04. The van der Waals surface area contributed by atoms with Crippen LogP contribution in [-0.4, -0.2) is 0 Å². The predicted octanol–water partition coefficient (Wildman–Crippen LogP) is 4.18. The van der Waals surface area contributed by atoms with Gasteiger partial charge in [-0.25, -0.2) is 0 Å². The van der Waals surface area contributed by atoms with E-state index in [9.17, 15) is 4.91 Å². The van der Waals surface area contributed by atoms with Gasteiger partial charge in [-0.2, -0.15) is 4.91 Å². The average molecular weight is 211 g/mol. The van der Waals surface area contributed by atoms with Gasteiger partial charge in [0, 0.05) is 0 Å². The van der Waals surface area contributed by atoms with Gasteiger partial charge in [-0.15, -0.1) is 0 Å². The van der Waals surface area contributed by atoms with E-state index in [0.29, 0.717) is 0 Å². The van der Waals surface area contributed by atoms with E-state index in [1.807, 2.05) is 42.5 Å². The van der Waals surface area contributed by atoms with E-state index in [-0.39, 0.29) is 6.04 Å². The van der Waals surface area contributed by atoms with Crippen LogP contribution in [0.4, 0.5) is 0 Å². The zero-order chi connectivity index (χ0) is 11.4. The highest BCUT2D eigenvalue weighted by Crippen LogP contribution is 2.24. The average Bonchev–Trinajstić information content (AvgIpc) is 2.39. The van der Waals surface area contributed by atoms with E-state index in [1.54, 1.807) is 6.92 Å². The van der Waals surface area contributed by atoms with Crippen molar-refractivity contribution in [3.05, 3.63) is 65.1 Å². The maximum absolute atomic E-state index is 10.5. The molecule has 0 heterocycles. The Kier molecular flexibility index (Phi) is 3.10. The molecule has 0 saturated carbocycles. The van der Waals surface area contributed by atoms with Crippen molar-refractivity contribution in [2.75, 3.05) is 0 Å². The molecule has 2 rings (SSSR count). The molecule has 80 valence electrons. The maximum atomic E-state index is 10.5. The summed E-state index contributed by atoms with van der Waals surface area (Å²) in [5.74, 6) is 0. The highest BCUT2D eigenvalue weighted by atomic mass is 16.3. The van der Waals surface area contributed by atoms with Crippen LogP contribution in [-0.2, 0) is 0 Å². The molecule has 0 spiro atoms. The summed E-state index contributed by atoms with van der Waals surface area (Å²) >= 11 is 0. The third-order valence-corrected chi connectivity index (χ3v) is 2.63. The van der Waals surface area contributed by atoms with Gasteiger partial charge in [0.1, 0.15) is 6.04 Å². The van der Waals surface area contributed by atoms with E-state index in [0.717, 1.165) is 16.7 Å². The lowest BCUT2D eigenvalue weighted by Gasteiger charge is -2.06. The minimum absolute atomic E-state index is 0.288. The Morgan fingerprint density at radius 3 is 2.31 bits per heavy atom. The number of benzene rings is 2. The molecule has 0 aliphatic carbocycles. The summed E-state index contributed by atoms with van der Waals surface area (Å²) in [6.45, 7) is 1.80. The second kappa shape index (κ2) is 4.71. The van der Waals surface area contributed by atoms with Crippen LogP contribution >= 0.6 is 0 Å². The molecular weight excluding hydrogens is 198 g/mol. The largest absolute Gasteiger partial charge is 0.150 e. The first kappa shape index (κ1) is 10.6. The van der Waals surface area contributed by atoms with Crippen LogP contribution < -0.4 is 0 Å². The van der Waals surface area contributed by atoms with Gasteiger partial charge in [0.15, 0.2) is 0 Å². The summed E-state index contributed by atoms with van der Waals surface area (Å²) in [4.78, 5) is 10.5. The molecule has 1 unspecified atom stereocenters. The molecule has 0 bridgehead atoms. The van der Waals surface area contributed by atoms with Gasteiger partial charge in [0.25, 0.3) is 0 Å². The quantitative estimate of drug-likeness (QED) is 0.700. The van der Waals surface area contributed by atoms with Crippen molar-refractivity contribution in [3.63, 3.8) is 0 Å². The number of rotatable bonds is 3. The van der Waals surface area contributed by atoms with Gasteiger partial charge in [0.05, 0.1) is 0 Å². The van der Waals surface area contributed by atoms with E-state index < -0.39 is 0 Å². The van der Waals surface area contributed by atoms with Crippen LogP contribution in [0.5, 0.6) is 0 Å². The molecule has 16 heavy (non-hydrogen) atoms. The van der Waals surface area contributed by atoms with E-state index in [2.05, 4.69) is 17.3 Å². The molecule has 2 heteroatoms. The van der Waals surface area contributed by atoms with E-state index in [4.69, 9.17) is 0 Å². The highest BCUT2D eigenvalue weighted by molar-refractivity contribution is 5.64. The van der Waals surface area contributed by atoms with Crippen molar-refractivity contribution in [2.45, 2.75) is 13.0 Å². The third-order valence-electron chi connectivity index (χ3n) is 2.63. The lowest BCUT2D eigenvalue weighted by Crippen LogP contribution is -1.88. The molecule has 0 fully saturated rings. The van der Waals surface area contributed by atoms with Gasteiger partial charge >= 0.3 is 0 Å².